The van der Waals surface area contributed by atoms with Crippen LogP contribution >= 0.6 is 11.8 Å². The zero-order valence-corrected chi connectivity index (χ0v) is 12.9. The quantitative estimate of drug-likeness (QED) is 0.655. The maximum atomic E-state index is 12.1. The number of carboxylic acid groups (broad SMARTS) is 1. The van der Waals surface area contributed by atoms with Crippen molar-refractivity contribution < 1.29 is 18.3 Å². The fourth-order valence-corrected chi connectivity index (χ4v) is 3.03. The lowest BCUT2D eigenvalue weighted by molar-refractivity contribution is 0.0697. The molecule has 0 aromatic heterocycles. The fourth-order valence-electron chi connectivity index (χ4n) is 1.52. The van der Waals surface area contributed by atoms with Gasteiger partial charge in [-0.15, -0.1) is 0 Å². The molecule has 0 amide bonds. The van der Waals surface area contributed by atoms with Gasteiger partial charge in [0.25, 0.3) is 0 Å². The van der Waals surface area contributed by atoms with Crippen LogP contribution in [-0.2, 0) is 10.0 Å². The molecular formula is C12H18N2O4S2. The summed E-state index contributed by atoms with van der Waals surface area (Å²) in [5.74, 6) is -1.15. The van der Waals surface area contributed by atoms with Crippen molar-refractivity contribution in [1.29, 1.82) is 0 Å². The minimum atomic E-state index is -3.71. The summed E-state index contributed by atoms with van der Waals surface area (Å²) in [4.78, 5) is 10.7. The molecule has 0 heterocycles. The van der Waals surface area contributed by atoms with Crippen molar-refractivity contribution >= 4 is 33.4 Å². The van der Waals surface area contributed by atoms with Gasteiger partial charge in [0.05, 0.1) is 11.3 Å². The molecule has 1 rings (SSSR count). The lowest BCUT2D eigenvalue weighted by Crippen LogP contribution is -2.27. The lowest BCUT2D eigenvalue weighted by atomic mass is 10.2. The van der Waals surface area contributed by atoms with E-state index in [1.807, 2.05) is 13.2 Å². The van der Waals surface area contributed by atoms with Gasteiger partial charge in [0.1, 0.15) is 4.90 Å². The summed E-state index contributed by atoms with van der Waals surface area (Å²) in [5, 5.41) is 9.16. The number of carbonyl (C=O) groups is 1. The molecule has 0 radical (unpaired) electrons. The summed E-state index contributed by atoms with van der Waals surface area (Å²) in [6, 6.07) is 3.57. The monoisotopic (exact) mass is 318 g/mol. The van der Waals surface area contributed by atoms with Crippen LogP contribution in [0.3, 0.4) is 0 Å². The minimum Gasteiger partial charge on any atom is -0.478 e. The van der Waals surface area contributed by atoms with Crippen LogP contribution in [0.25, 0.3) is 0 Å². The molecule has 0 spiro atoms. The zero-order valence-electron chi connectivity index (χ0n) is 11.3. The van der Waals surface area contributed by atoms with Gasteiger partial charge in [0.2, 0.25) is 10.0 Å². The van der Waals surface area contributed by atoms with Gasteiger partial charge in [-0.2, -0.15) is 11.8 Å². The number of thioether (sulfide) groups is 1. The van der Waals surface area contributed by atoms with Gasteiger partial charge in [-0.3, -0.25) is 0 Å². The molecule has 0 saturated heterocycles. The number of benzene rings is 1. The van der Waals surface area contributed by atoms with E-state index in [4.69, 9.17) is 10.8 Å². The average Bonchev–Trinajstić information content (AvgIpc) is 2.37. The predicted octanol–water partition coefficient (Wildman–Crippen LogP) is 1.39. The van der Waals surface area contributed by atoms with E-state index < -0.39 is 16.0 Å². The molecule has 4 N–H and O–H groups in total. The third-order valence-corrected chi connectivity index (χ3v) is 5.37. The maximum absolute atomic E-state index is 12.1. The summed E-state index contributed by atoms with van der Waals surface area (Å²) in [7, 11) is -3.71. The van der Waals surface area contributed by atoms with Gasteiger partial charge in [0.15, 0.2) is 0 Å². The maximum Gasteiger partial charge on any atom is 0.335 e. The van der Waals surface area contributed by atoms with Crippen molar-refractivity contribution in [1.82, 2.24) is 4.72 Å². The number of nitrogen functional groups attached to an aromatic ring is 1. The molecule has 0 saturated carbocycles. The van der Waals surface area contributed by atoms with E-state index in [1.165, 1.54) is 12.1 Å². The third-order valence-electron chi connectivity index (χ3n) is 2.79. The van der Waals surface area contributed by atoms with Crippen LogP contribution < -0.4 is 10.5 Å². The highest BCUT2D eigenvalue weighted by atomic mass is 32.2. The van der Waals surface area contributed by atoms with Crippen molar-refractivity contribution in [3.05, 3.63) is 23.8 Å². The van der Waals surface area contributed by atoms with Gasteiger partial charge in [-0.05, 0) is 30.9 Å². The largest absolute Gasteiger partial charge is 0.478 e. The Bertz CT molecular complexity index is 587. The molecule has 0 aliphatic rings. The van der Waals surface area contributed by atoms with Gasteiger partial charge in [0, 0.05) is 11.8 Å². The molecule has 1 unspecified atom stereocenters. The van der Waals surface area contributed by atoms with Crippen molar-refractivity contribution in [3.63, 3.8) is 0 Å². The van der Waals surface area contributed by atoms with E-state index >= 15 is 0 Å². The standard InChI is InChI=1S/C12H18N2O4S2/c1-8(19-2)5-6-14-20(17,18)11-4-3-9(12(15)16)7-10(11)13/h3-4,7-8,14H,5-6,13H2,1-2H3,(H,15,16). The summed E-state index contributed by atoms with van der Waals surface area (Å²) in [5.41, 5.74) is 5.50. The topological polar surface area (TPSA) is 109 Å². The molecule has 1 aromatic rings. The second kappa shape index (κ2) is 6.96. The number of nitrogens with two attached hydrogens (primary N) is 1. The molecule has 0 aliphatic heterocycles. The Morgan fingerprint density at radius 1 is 1.50 bits per heavy atom. The Morgan fingerprint density at radius 2 is 2.15 bits per heavy atom. The van der Waals surface area contributed by atoms with Crippen molar-refractivity contribution in [2.45, 2.75) is 23.5 Å². The number of carboxylic acids is 1. The lowest BCUT2D eigenvalue weighted by Gasteiger charge is -2.11. The number of hydrogen-bond acceptors (Lipinski definition) is 5. The highest BCUT2D eigenvalue weighted by Crippen LogP contribution is 2.20. The van der Waals surface area contributed by atoms with E-state index in [9.17, 15) is 13.2 Å². The van der Waals surface area contributed by atoms with Crippen LogP contribution in [0, 0.1) is 0 Å². The number of aromatic carboxylic acids is 1. The Balaban J connectivity index is 2.85. The first kappa shape index (κ1) is 16.8. The highest BCUT2D eigenvalue weighted by molar-refractivity contribution is 7.99. The zero-order chi connectivity index (χ0) is 15.3. The first-order chi connectivity index (χ1) is 9.27. The van der Waals surface area contributed by atoms with Gasteiger partial charge < -0.3 is 10.8 Å². The SMILES string of the molecule is CSC(C)CCNS(=O)(=O)c1ccc(C(=O)O)cc1N. The number of rotatable bonds is 7. The van der Waals surface area contributed by atoms with E-state index in [-0.39, 0.29) is 16.1 Å². The number of hydrogen-bond donors (Lipinski definition) is 3. The summed E-state index contributed by atoms with van der Waals surface area (Å²) >= 11 is 1.65. The van der Waals surface area contributed by atoms with Crippen LogP contribution in [0.1, 0.15) is 23.7 Å². The van der Waals surface area contributed by atoms with Gasteiger partial charge in [-0.25, -0.2) is 17.9 Å². The van der Waals surface area contributed by atoms with Crippen LogP contribution in [0.15, 0.2) is 23.1 Å². The number of nitrogens with one attached hydrogen (secondary N) is 1. The molecule has 112 valence electrons. The van der Waals surface area contributed by atoms with E-state index in [0.29, 0.717) is 18.2 Å². The predicted molar refractivity (Wildman–Crippen MR) is 80.6 cm³/mol. The molecule has 0 aliphatic carbocycles. The normalized spacial score (nSPS) is 13.1. The first-order valence-electron chi connectivity index (χ1n) is 5.93. The summed E-state index contributed by atoms with van der Waals surface area (Å²) < 4.78 is 26.6. The average molecular weight is 318 g/mol. The van der Waals surface area contributed by atoms with E-state index in [2.05, 4.69) is 4.72 Å². The number of sulfonamides is 1. The Kier molecular flexibility index (Phi) is 5.85. The molecule has 0 fully saturated rings. The van der Waals surface area contributed by atoms with Crippen LogP contribution in [0.2, 0.25) is 0 Å². The summed E-state index contributed by atoms with van der Waals surface area (Å²) in [6.45, 7) is 2.32. The van der Waals surface area contributed by atoms with Gasteiger partial charge >= 0.3 is 5.97 Å². The molecule has 20 heavy (non-hydrogen) atoms. The first-order valence-corrected chi connectivity index (χ1v) is 8.70. The summed E-state index contributed by atoms with van der Waals surface area (Å²) in [6.07, 6.45) is 2.66. The molecule has 1 aromatic carbocycles. The third kappa shape index (κ3) is 4.39. The van der Waals surface area contributed by atoms with Crippen molar-refractivity contribution in [2.75, 3.05) is 18.5 Å². The van der Waals surface area contributed by atoms with E-state index in [1.54, 1.807) is 11.8 Å². The fraction of sp³-hybridized carbons (Fsp3) is 0.417. The second-order valence-electron chi connectivity index (χ2n) is 4.29. The molecule has 6 nitrogen and oxygen atoms in total. The Morgan fingerprint density at radius 3 is 2.65 bits per heavy atom. The molecule has 0 bridgehead atoms. The van der Waals surface area contributed by atoms with Crippen molar-refractivity contribution in [3.8, 4) is 0 Å². The van der Waals surface area contributed by atoms with Crippen LogP contribution in [0.5, 0.6) is 0 Å². The smallest absolute Gasteiger partial charge is 0.335 e. The van der Waals surface area contributed by atoms with Crippen molar-refractivity contribution in [2.24, 2.45) is 0 Å². The Labute approximate surface area is 122 Å². The molecule has 1 atom stereocenters. The Hall–Kier alpha value is -1.25. The molecule has 8 heteroatoms. The van der Waals surface area contributed by atoms with Crippen LogP contribution in [0.4, 0.5) is 5.69 Å². The minimum absolute atomic E-state index is 0.0440. The van der Waals surface area contributed by atoms with Gasteiger partial charge in [-0.1, -0.05) is 6.92 Å². The van der Waals surface area contributed by atoms with E-state index in [0.717, 1.165) is 6.07 Å². The number of anilines is 1. The van der Waals surface area contributed by atoms with Crippen LogP contribution in [-0.4, -0.2) is 37.5 Å². The second-order valence-corrected chi connectivity index (χ2v) is 7.30. The molecular weight excluding hydrogens is 300 g/mol. The highest BCUT2D eigenvalue weighted by Gasteiger charge is 2.18.